The third-order valence-electron chi connectivity index (χ3n) is 2.64. The van der Waals surface area contributed by atoms with Crippen LogP contribution < -0.4 is 5.32 Å². The Balaban J connectivity index is 1.48. The molecule has 0 aliphatic rings. The molecular weight excluding hydrogens is 336 g/mol. The van der Waals surface area contributed by atoms with Crippen LogP contribution in [-0.4, -0.2) is 26.0 Å². The van der Waals surface area contributed by atoms with Crippen molar-refractivity contribution in [2.24, 2.45) is 0 Å². The number of hydrogen-bond donors (Lipinski definition) is 1. The number of amides is 1. The van der Waals surface area contributed by atoms with Gasteiger partial charge in [0.2, 0.25) is 11.0 Å². The minimum Gasteiger partial charge on any atom is -0.300 e. The first-order valence-electron chi connectivity index (χ1n) is 6.45. The molecule has 8 heteroatoms. The van der Waals surface area contributed by atoms with Crippen molar-refractivity contribution in [2.45, 2.75) is 5.75 Å². The van der Waals surface area contributed by atoms with Crippen LogP contribution in [0.25, 0.3) is 10.7 Å². The third-order valence-corrected chi connectivity index (χ3v) is 5.14. The minimum atomic E-state index is -0.0669. The second-order valence-electron chi connectivity index (χ2n) is 4.30. The van der Waals surface area contributed by atoms with Crippen molar-refractivity contribution < 1.29 is 4.79 Å². The summed E-state index contributed by atoms with van der Waals surface area (Å²) in [5, 5.41) is 5.30. The molecule has 1 N–H and O–H groups in total. The predicted molar refractivity (Wildman–Crippen MR) is 92.3 cm³/mol. The van der Waals surface area contributed by atoms with Crippen molar-refractivity contribution in [1.82, 2.24) is 14.3 Å². The molecule has 0 aromatic carbocycles. The van der Waals surface area contributed by atoms with Crippen LogP contribution in [0.5, 0.6) is 0 Å². The van der Waals surface area contributed by atoms with Gasteiger partial charge in [0, 0.05) is 29.7 Å². The lowest BCUT2D eigenvalue weighted by Crippen LogP contribution is -2.13. The molecule has 0 saturated heterocycles. The highest BCUT2D eigenvalue weighted by atomic mass is 32.2. The first-order valence-corrected chi connectivity index (χ1v) is 9.26. The molecule has 0 saturated carbocycles. The molecule has 0 aliphatic carbocycles. The van der Waals surface area contributed by atoms with Crippen molar-refractivity contribution in [3.05, 3.63) is 47.6 Å². The van der Waals surface area contributed by atoms with E-state index in [1.165, 1.54) is 11.5 Å². The molecule has 0 bridgehead atoms. The normalized spacial score (nSPS) is 10.5. The van der Waals surface area contributed by atoms with E-state index in [9.17, 15) is 4.79 Å². The van der Waals surface area contributed by atoms with Gasteiger partial charge in [-0.05, 0) is 23.1 Å². The molecule has 3 heterocycles. The van der Waals surface area contributed by atoms with Crippen LogP contribution in [0, 0.1) is 0 Å². The monoisotopic (exact) mass is 348 g/mol. The Kier molecular flexibility index (Phi) is 5.15. The summed E-state index contributed by atoms with van der Waals surface area (Å²) in [7, 11) is 0. The van der Waals surface area contributed by atoms with Gasteiger partial charge in [-0.3, -0.25) is 15.1 Å². The number of pyridine rings is 1. The maximum Gasteiger partial charge on any atom is 0.236 e. The SMILES string of the molecule is O=C(CSCc1cccnc1)Nc1nc(-c2cccs2)ns1. The summed E-state index contributed by atoms with van der Waals surface area (Å²) in [6, 6.07) is 7.80. The number of anilines is 1. The minimum absolute atomic E-state index is 0.0669. The molecule has 3 rings (SSSR count). The lowest BCUT2D eigenvalue weighted by atomic mass is 10.3. The predicted octanol–water partition coefficient (Wildman–Crippen LogP) is 3.53. The van der Waals surface area contributed by atoms with Crippen LogP contribution >= 0.6 is 34.6 Å². The summed E-state index contributed by atoms with van der Waals surface area (Å²) < 4.78 is 4.25. The number of aromatic nitrogens is 3. The van der Waals surface area contributed by atoms with Crippen LogP contribution in [0.4, 0.5) is 5.13 Å². The summed E-state index contributed by atoms with van der Waals surface area (Å²) in [5.74, 6) is 1.74. The number of carbonyl (C=O) groups excluding carboxylic acids is 1. The zero-order valence-corrected chi connectivity index (χ0v) is 13.9. The van der Waals surface area contributed by atoms with Crippen LogP contribution in [-0.2, 0) is 10.5 Å². The standard InChI is InChI=1S/C14H12N4OS3/c19-12(9-20-8-10-3-1-5-15-7-10)16-14-17-13(18-22-14)11-4-2-6-21-11/h1-7H,8-9H2,(H,16,17,18,19). The van der Waals surface area contributed by atoms with Crippen molar-refractivity contribution in [3.8, 4) is 10.7 Å². The van der Waals surface area contributed by atoms with Gasteiger partial charge >= 0.3 is 0 Å². The molecule has 0 spiro atoms. The fourth-order valence-electron chi connectivity index (χ4n) is 1.68. The van der Waals surface area contributed by atoms with Gasteiger partial charge < -0.3 is 0 Å². The van der Waals surface area contributed by atoms with Gasteiger partial charge in [0.25, 0.3) is 0 Å². The topological polar surface area (TPSA) is 67.8 Å². The van der Waals surface area contributed by atoms with Crippen LogP contribution in [0.15, 0.2) is 42.0 Å². The molecule has 3 aromatic heterocycles. The molecule has 0 fully saturated rings. The highest BCUT2D eigenvalue weighted by molar-refractivity contribution is 7.99. The number of thiophene rings is 1. The van der Waals surface area contributed by atoms with E-state index in [0.717, 1.165) is 16.2 Å². The first-order chi connectivity index (χ1) is 10.8. The maximum atomic E-state index is 11.9. The summed E-state index contributed by atoms with van der Waals surface area (Å²) in [5.41, 5.74) is 1.11. The van der Waals surface area contributed by atoms with Gasteiger partial charge in [-0.1, -0.05) is 12.1 Å². The van der Waals surface area contributed by atoms with E-state index in [4.69, 9.17) is 0 Å². The molecule has 0 atom stereocenters. The largest absolute Gasteiger partial charge is 0.300 e. The van der Waals surface area contributed by atoms with Crippen LogP contribution in [0.1, 0.15) is 5.56 Å². The average Bonchev–Trinajstić information content (AvgIpc) is 3.19. The van der Waals surface area contributed by atoms with Gasteiger partial charge in [0.15, 0.2) is 5.82 Å². The number of carbonyl (C=O) groups is 1. The zero-order chi connectivity index (χ0) is 15.2. The highest BCUT2D eigenvalue weighted by Gasteiger charge is 2.10. The molecular formula is C14H12N4OS3. The average molecular weight is 348 g/mol. The number of nitrogens with zero attached hydrogens (tertiary/aromatic N) is 3. The molecule has 3 aromatic rings. The first kappa shape index (κ1) is 15.1. The van der Waals surface area contributed by atoms with Crippen molar-refractivity contribution in [3.63, 3.8) is 0 Å². The van der Waals surface area contributed by atoms with Crippen molar-refractivity contribution in [1.29, 1.82) is 0 Å². The van der Waals surface area contributed by atoms with Gasteiger partial charge in [0.05, 0.1) is 10.6 Å². The maximum absolute atomic E-state index is 11.9. The quantitative estimate of drug-likeness (QED) is 0.738. The fraction of sp³-hybridized carbons (Fsp3) is 0.143. The molecule has 0 radical (unpaired) electrons. The van der Waals surface area contributed by atoms with Crippen molar-refractivity contribution in [2.75, 3.05) is 11.1 Å². The zero-order valence-electron chi connectivity index (χ0n) is 11.4. The summed E-state index contributed by atoms with van der Waals surface area (Å²) in [6.07, 6.45) is 3.55. The second kappa shape index (κ2) is 7.48. The van der Waals surface area contributed by atoms with Gasteiger partial charge in [-0.25, -0.2) is 0 Å². The van der Waals surface area contributed by atoms with Crippen LogP contribution in [0.2, 0.25) is 0 Å². The Hall–Kier alpha value is -1.77. The molecule has 0 aliphatic heterocycles. The van der Waals surface area contributed by atoms with Gasteiger partial charge in [0.1, 0.15) is 0 Å². The molecule has 1 amide bonds. The van der Waals surface area contributed by atoms with E-state index in [1.807, 2.05) is 35.8 Å². The Bertz CT molecular complexity index is 728. The van der Waals surface area contributed by atoms with Gasteiger partial charge in [-0.15, -0.1) is 23.1 Å². The molecule has 22 heavy (non-hydrogen) atoms. The number of hydrogen-bond acceptors (Lipinski definition) is 7. The molecule has 112 valence electrons. The van der Waals surface area contributed by atoms with E-state index in [-0.39, 0.29) is 5.91 Å². The Morgan fingerprint density at radius 3 is 3.05 bits per heavy atom. The lowest BCUT2D eigenvalue weighted by molar-refractivity contribution is -0.113. The van der Waals surface area contributed by atoms with E-state index < -0.39 is 0 Å². The third kappa shape index (κ3) is 4.12. The van der Waals surface area contributed by atoms with E-state index in [2.05, 4.69) is 19.7 Å². The Morgan fingerprint density at radius 1 is 1.32 bits per heavy atom. The summed E-state index contributed by atoms with van der Waals surface area (Å²) in [4.78, 5) is 21.3. The van der Waals surface area contributed by atoms with E-state index in [0.29, 0.717) is 16.7 Å². The van der Waals surface area contributed by atoms with Crippen molar-refractivity contribution >= 4 is 45.7 Å². The van der Waals surface area contributed by atoms with Gasteiger partial charge in [-0.2, -0.15) is 9.36 Å². The Labute approximate surface area is 140 Å². The fourth-order valence-corrected chi connectivity index (χ4v) is 3.76. The summed E-state index contributed by atoms with van der Waals surface area (Å²) in [6.45, 7) is 0. The number of thioether (sulfide) groups is 1. The Morgan fingerprint density at radius 2 is 2.27 bits per heavy atom. The summed E-state index contributed by atoms with van der Waals surface area (Å²) >= 11 is 4.32. The number of rotatable bonds is 6. The lowest BCUT2D eigenvalue weighted by Gasteiger charge is -2.01. The van der Waals surface area contributed by atoms with Crippen LogP contribution in [0.3, 0.4) is 0 Å². The number of nitrogens with one attached hydrogen (secondary N) is 1. The van der Waals surface area contributed by atoms with E-state index >= 15 is 0 Å². The molecule has 0 unspecified atom stereocenters. The van der Waals surface area contributed by atoms with E-state index in [1.54, 1.807) is 29.3 Å². The second-order valence-corrected chi connectivity index (χ2v) is 6.99. The molecule has 5 nitrogen and oxygen atoms in total. The smallest absolute Gasteiger partial charge is 0.236 e. The highest BCUT2D eigenvalue weighted by Crippen LogP contribution is 2.25.